The number of aryl methyl sites for hydroxylation is 2. The molecular formula is C42H47N10O9+. The van der Waals surface area contributed by atoms with Gasteiger partial charge in [-0.2, -0.15) is 0 Å². The molecule has 4 aromatic rings. The number of anilines is 2. The third kappa shape index (κ3) is 8.55. The standard InChI is InChI=1S/C42H46N10O9/c1-23-31(20-28-27-19-25(9-10-29(27)47-38(28)54)13-16-52(4,5)21-33-37(51(59)60)45-22-49(33)3)46-24(2)35(23)40(56)44-15-18-61-17-14-43-30-8-6-7-26-36(30)42(58)50(41(26)57)32-11-12-34(53)48-39(32)55/h6-10,19-20,22,32H,11-18,21H2,1-5H3,(H4-,43,44,46,47,48,53,54,55,56,57,58)/p+1. The Morgan fingerprint density at radius 3 is 2.57 bits per heavy atom. The van der Waals surface area contributed by atoms with E-state index < -0.39 is 34.6 Å². The van der Waals surface area contributed by atoms with Gasteiger partial charge in [-0.15, -0.1) is 0 Å². The number of nitro groups is 1. The first-order chi connectivity index (χ1) is 29.0. The van der Waals surface area contributed by atoms with Crippen molar-refractivity contribution in [1.82, 2.24) is 30.1 Å². The maximum atomic E-state index is 13.3. The van der Waals surface area contributed by atoms with E-state index >= 15 is 0 Å². The third-order valence-electron chi connectivity index (χ3n) is 11.2. The second-order valence-corrected chi connectivity index (χ2v) is 16.0. The maximum absolute atomic E-state index is 13.3. The molecule has 0 radical (unpaired) electrons. The van der Waals surface area contributed by atoms with Gasteiger partial charge in [-0.3, -0.25) is 39.0 Å². The molecule has 6 amide bonds. The predicted octanol–water partition coefficient (Wildman–Crippen LogP) is 2.84. The van der Waals surface area contributed by atoms with Crippen LogP contribution in [0.2, 0.25) is 0 Å². The van der Waals surface area contributed by atoms with Gasteiger partial charge in [-0.05, 0) is 71.6 Å². The van der Waals surface area contributed by atoms with E-state index in [0.29, 0.717) is 69.1 Å². The third-order valence-corrected chi connectivity index (χ3v) is 11.2. The van der Waals surface area contributed by atoms with Crippen LogP contribution in [0.1, 0.15) is 77.7 Å². The summed E-state index contributed by atoms with van der Waals surface area (Å²) in [5, 5.41) is 22.6. The van der Waals surface area contributed by atoms with Gasteiger partial charge in [0.05, 0.1) is 56.1 Å². The second kappa shape index (κ2) is 16.9. The maximum Gasteiger partial charge on any atom is 0.390 e. The molecule has 0 aliphatic carbocycles. The predicted molar refractivity (Wildman–Crippen MR) is 222 cm³/mol. The van der Waals surface area contributed by atoms with Crippen LogP contribution in [0, 0.1) is 24.0 Å². The number of likely N-dealkylation sites (N-methyl/N-ethyl adjacent to an activating group) is 1. The molecule has 5 N–H and O–H groups in total. The number of aromatic amines is 1. The minimum absolute atomic E-state index is 0.0310. The number of imide groups is 2. The lowest BCUT2D eigenvalue weighted by molar-refractivity contribution is -0.903. The summed E-state index contributed by atoms with van der Waals surface area (Å²) in [5.74, 6) is -3.03. The average Bonchev–Trinajstić information content (AvgIpc) is 3.90. The SMILES string of the molecule is Cc1[nH]c(/C=C2\C(=O)Nc3ccc(CC[N+](C)(C)Cc4c([N+](=O)[O-])ncn4C)cc32)c(C)c1C(=O)NCCOCCNc1cccc2c1C(=O)N(C1CCC(=O)NC1=O)C2=O. The molecular weight excluding hydrogens is 789 g/mol. The van der Waals surface area contributed by atoms with E-state index in [1.54, 1.807) is 36.7 Å². The number of nitrogens with zero attached hydrogens (tertiary/aromatic N) is 5. The van der Waals surface area contributed by atoms with Crippen molar-refractivity contribution in [2.75, 3.05) is 57.6 Å². The lowest BCUT2D eigenvalue weighted by atomic mass is 10.0. The van der Waals surface area contributed by atoms with Crippen LogP contribution in [0.25, 0.3) is 11.6 Å². The molecule has 1 unspecified atom stereocenters. The fourth-order valence-electron chi connectivity index (χ4n) is 7.98. The number of fused-ring (bicyclic) bond motifs is 2. The highest BCUT2D eigenvalue weighted by atomic mass is 16.6. The first kappa shape index (κ1) is 42.1. The van der Waals surface area contributed by atoms with E-state index in [0.717, 1.165) is 16.0 Å². The number of nitrogens with one attached hydrogen (secondary N) is 5. The summed E-state index contributed by atoms with van der Waals surface area (Å²) >= 11 is 0. The van der Waals surface area contributed by atoms with Crippen LogP contribution < -0.4 is 21.3 Å². The molecule has 7 rings (SSSR count). The molecule has 0 spiro atoms. The number of hydrogen-bond donors (Lipinski definition) is 5. The summed E-state index contributed by atoms with van der Waals surface area (Å²) < 4.78 is 7.87. The lowest BCUT2D eigenvalue weighted by Gasteiger charge is -2.29. The Bertz CT molecular complexity index is 2530. The van der Waals surface area contributed by atoms with Gasteiger partial charge in [0, 0.05) is 61.3 Å². The van der Waals surface area contributed by atoms with Crippen LogP contribution >= 0.6 is 0 Å². The molecule has 61 heavy (non-hydrogen) atoms. The van der Waals surface area contributed by atoms with Crippen molar-refractivity contribution >= 4 is 64.3 Å². The highest BCUT2D eigenvalue weighted by Gasteiger charge is 2.45. The quantitative estimate of drug-likeness (QED) is 0.0275. The van der Waals surface area contributed by atoms with E-state index in [1.807, 2.05) is 39.2 Å². The van der Waals surface area contributed by atoms with E-state index in [2.05, 4.69) is 31.2 Å². The monoisotopic (exact) mass is 835 g/mol. The number of amides is 6. The van der Waals surface area contributed by atoms with Gasteiger partial charge < -0.3 is 44.8 Å². The van der Waals surface area contributed by atoms with E-state index in [1.165, 1.54) is 12.4 Å². The molecule has 1 saturated heterocycles. The number of aromatic nitrogens is 3. The molecule has 3 aliphatic heterocycles. The molecule has 3 aliphatic rings. The Morgan fingerprint density at radius 2 is 1.82 bits per heavy atom. The summed E-state index contributed by atoms with van der Waals surface area (Å²) in [6, 6.07) is 9.56. The van der Waals surface area contributed by atoms with Crippen LogP contribution in [0.3, 0.4) is 0 Å². The minimum Gasteiger partial charge on any atom is -0.382 e. The lowest BCUT2D eigenvalue weighted by Crippen LogP contribution is -2.54. The molecule has 0 saturated carbocycles. The zero-order valence-corrected chi connectivity index (χ0v) is 34.5. The van der Waals surface area contributed by atoms with Gasteiger partial charge in [-0.25, -0.2) is 0 Å². The fraction of sp³-hybridized carbons (Fsp3) is 0.357. The van der Waals surface area contributed by atoms with E-state index in [-0.39, 0.29) is 67.9 Å². The molecule has 2 aromatic carbocycles. The number of carbonyl (C=O) groups is 6. The number of carbonyl (C=O) groups excluding carboxylic acids is 6. The summed E-state index contributed by atoms with van der Waals surface area (Å²) in [6.45, 7) is 5.59. The first-order valence-electron chi connectivity index (χ1n) is 19.8. The molecule has 5 heterocycles. The number of H-pyrrole nitrogens is 1. The zero-order chi connectivity index (χ0) is 43.7. The van der Waals surface area contributed by atoms with Crippen LogP contribution in [0.15, 0.2) is 42.7 Å². The fourth-order valence-corrected chi connectivity index (χ4v) is 7.98. The van der Waals surface area contributed by atoms with E-state index in [4.69, 9.17) is 4.74 Å². The first-order valence-corrected chi connectivity index (χ1v) is 19.8. The second-order valence-electron chi connectivity index (χ2n) is 16.0. The van der Waals surface area contributed by atoms with E-state index in [9.17, 15) is 38.9 Å². The van der Waals surface area contributed by atoms with Crippen molar-refractivity contribution in [2.45, 2.75) is 45.7 Å². The number of ether oxygens (including phenoxy) is 1. The normalized spacial score (nSPS) is 16.8. The Labute approximate surface area is 350 Å². The molecule has 1 fully saturated rings. The highest BCUT2D eigenvalue weighted by molar-refractivity contribution is 6.35. The number of imidazole rings is 1. The van der Waals surface area contributed by atoms with Crippen molar-refractivity contribution < 1.29 is 42.9 Å². The van der Waals surface area contributed by atoms with Crippen molar-refractivity contribution in [1.29, 1.82) is 0 Å². The van der Waals surface area contributed by atoms with Crippen LogP contribution in [-0.2, 0) is 39.1 Å². The highest BCUT2D eigenvalue weighted by Crippen LogP contribution is 2.36. The Morgan fingerprint density at radius 1 is 1.05 bits per heavy atom. The average molecular weight is 836 g/mol. The van der Waals surface area contributed by atoms with Crippen LogP contribution in [0.4, 0.5) is 17.2 Å². The summed E-state index contributed by atoms with van der Waals surface area (Å²) in [7, 11) is 5.76. The van der Waals surface area contributed by atoms with Crippen LogP contribution in [-0.4, -0.2) is 117 Å². The number of quaternary nitrogens is 1. The van der Waals surface area contributed by atoms with Crippen molar-refractivity contribution in [3.63, 3.8) is 0 Å². The molecule has 19 nitrogen and oxygen atoms in total. The van der Waals surface area contributed by atoms with Crippen molar-refractivity contribution in [3.05, 3.63) is 103 Å². The van der Waals surface area contributed by atoms with Gasteiger partial charge >= 0.3 is 5.82 Å². The number of hydrogen-bond acceptors (Lipinski definition) is 11. The zero-order valence-electron chi connectivity index (χ0n) is 34.5. The molecule has 2 aromatic heterocycles. The molecule has 19 heteroatoms. The van der Waals surface area contributed by atoms with Crippen molar-refractivity contribution in [3.8, 4) is 0 Å². The Kier molecular flexibility index (Phi) is 11.7. The van der Waals surface area contributed by atoms with Gasteiger partial charge in [0.15, 0.2) is 5.69 Å². The Hall–Kier alpha value is -6.99. The van der Waals surface area contributed by atoms with Crippen molar-refractivity contribution in [2.24, 2.45) is 7.05 Å². The largest absolute Gasteiger partial charge is 0.390 e. The topological polar surface area (TPSA) is 240 Å². The summed E-state index contributed by atoms with van der Waals surface area (Å²) in [6.07, 6.45) is 3.95. The number of rotatable bonds is 16. The number of benzene rings is 2. The molecule has 318 valence electrons. The molecule has 1 atom stereocenters. The van der Waals surface area contributed by atoms with Crippen LogP contribution in [0.5, 0.6) is 0 Å². The van der Waals surface area contributed by atoms with Gasteiger partial charge in [-0.1, -0.05) is 12.1 Å². The van der Waals surface area contributed by atoms with Gasteiger partial charge in [0.2, 0.25) is 18.1 Å². The van der Waals surface area contributed by atoms with Gasteiger partial charge in [0.1, 0.15) is 12.6 Å². The summed E-state index contributed by atoms with van der Waals surface area (Å²) in [5.41, 5.74) is 6.55. The number of piperidine rings is 1. The Balaban J connectivity index is 0.913. The summed E-state index contributed by atoms with van der Waals surface area (Å²) in [4.78, 5) is 96.1. The smallest absolute Gasteiger partial charge is 0.382 e. The minimum atomic E-state index is -1.06. The van der Waals surface area contributed by atoms with Gasteiger partial charge in [0.25, 0.3) is 23.6 Å². The molecule has 0 bridgehead atoms.